The molecule has 2 aromatic rings. The summed E-state index contributed by atoms with van der Waals surface area (Å²) in [5, 5.41) is 3.50. The lowest BCUT2D eigenvalue weighted by Crippen LogP contribution is -2.51. The van der Waals surface area contributed by atoms with Crippen LogP contribution in [0.15, 0.2) is 49.1 Å². The van der Waals surface area contributed by atoms with Crippen molar-refractivity contribution in [3.8, 4) is 0 Å². The van der Waals surface area contributed by atoms with Crippen LogP contribution in [0.2, 0.25) is 0 Å². The molecule has 1 fully saturated rings. The minimum absolute atomic E-state index is 0.541. The summed E-state index contributed by atoms with van der Waals surface area (Å²) in [6.45, 7) is 4.21. The van der Waals surface area contributed by atoms with Gasteiger partial charge in [-0.15, -0.1) is 0 Å². The second kappa shape index (κ2) is 6.59. The second-order valence-corrected chi connectivity index (χ2v) is 5.24. The van der Waals surface area contributed by atoms with E-state index in [1.54, 1.807) is 0 Å². The third-order valence-electron chi connectivity index (χ3n) is 3.83. The van der Waals surface area contributed by atoms with Gasteiger partial charge < -0.3 is 5.32 Å². The molecule has 1 atom stereocenters. The van der Waals surface area contributed by atoms with Gasteiger partial charge in [0.2, 0.25) is 0 Å². The normalized spacial score (nSPS) is 19.9. The summed E-state index contributed by atoms with van der Waals surface area (Å²) in [6.07, 6.45) is 8.56. The van der Waals surface area contributed by atoms with Crippen molar-refractivity contribution in [3.05, 3.63) is 60.2 Å². The molecule has 1 N–H and O–H groups in total. The number of pyridine rings is 2. The maximum Gasteiger partial charge on any atom is 0.0271 e. The SMILES string of the molecule is c1cc(CC2CNCCN2Cc2ccncc2)ccn1. The average molecular weight is 268 g/mol. The average Bonchev–Trinajstić information content (AvgIpc) is 2.51. The van der Waals surface area contributed by atoms with E-state index in [4.69, 9.17) is 0 Å². The van der Waals surface area contributed by atoms with Crippen molar-refractivity contribution in [1.82, 2.24) is 20.2 Å². The molecule has 0 amide bonds. The van der Waals surface area contributed by atoms with Gasteiger partial charge in [0.05, 0.1) is 0 Å². The third kappa shape index (κ3) is 3.40. The topological polar surface area (TPSA) is 41.0 Å². The van der Waals surface area contributed by atoms with Crippen molar-refractivity contribution in [3.63, 3.8) is 0 Å². The first-order valence-corrected chi connectivity index (χ1v) is 7.14. The highest BCUT2D eigenvalue weighted by Gasteiger charge is 2.22. The summed E-state index contributed by atoms with van der Waals surface area (Å²) in [6, 6.07) is 8.97. The van der Waals surface area contributed by atoms with Gasteiger partial charge in [-0.25, -0.2) is 0 Å². The first-order chi connectivity index (χ1) is 9.92. The summed E-state index contributed by atoms with van der Waals surface area (Å²) in [4.78, 5) is 10.7. The van der Waals surface area contributed by atoms with Gasteiger partial charge in [0.1, 0.15) is 0 Å². The molecule has 3 rings (SSSR count). The summed E-state index contributed by atoms with van der Waals surface area (Å²) in [7, 11) is 0. The quantitative estimate of drug-likeness (QED) is 0.912. The molecule has 0 aliphatic carbocycles. The summed E-state index contributed by atoms with van der Waals surface area (Å²) >= 11 is 0. The molecule has 4 nitrogen and oxygen atoms in total. The lowest BCUT2D eigenvalue weighted by molar-refractivity contribution is 0.152. The number of nitrogens with zero attached hydrogens (tertiary/aromatic N) is 3. The molecule has 0 radical (unpaired) electrons. The molecule has 1 aliphatic rings. The second-order valence-electron chi connectivity index (χ2n) is 5.24. The number of hydrogen-bond acceptors (Lipinski definition) is 4. The lowest BCUT2D eigenvalue weighted by atomic mass is 10.0. The fourth-order valence-corrected chi connectivity index (χ4v) is 2.73. The van der Waals surface area contributed by atoms with E-state index < -0.39 is 0 Å². The van der Waals surface area contributed by atoms with E-state index in [9.17, 15) is 0 Å². The Kier molecular flexibility index (Phi) is 4.35. The lowest BCUT2D eigenvalue weighted by Gasteiger charge is -2.36. The van der Waals surface area contributed by atoms with Crippen LogP contribution < -0.4 is 5.32 Å². The fraction of sp³-hybridized carbons (Fsp3) is 0.375. The molecule has 0 spiro atoms. The molecule has 1 saturated heterocycles. The monoisotopic (exact) mass is 268 g/mol. The molecule has 0 bridgehead atoms. The molecule has 104 valence electrons. The zero-order valence-electron chi connectivity index (χ0n) is 11.6. The van der Waals surface area contributed by atoms with Crippen LogP contribution in [-0.2, 0) is 13.0 Å². The fourth-order valence-electron chi connectivity index (χ4n) is 2.73. The van der Waals surface area contributed by atoms with Crippen molar-refractivity contribution in [1.29, 1.82) is 0 Å². The van der Waals surface area contributed by atoms with E-state index in [1.165, 1.54) is 11.1 Å². The van der Waals surface area contributed by atoms with Gasteiger partial charge in [-0.2, -0.15) is 0 Å². The molecule has 3 heterocycles. The molecule has 4 heteroatoms. The van der Waals surface area contributed by atoms with Crippen molar-refractivity contribution in [2.24, 2.45) is 0 Å². The molecular formula is C16H20N4. The summed E-state index contributed by atoms with van der Waals surface area (Å²) in [5.41, 5.74) is 2.69. The van der Waals surface area contributed by atoms with E-state index in [-0.39, 0.29) is 0 Å². The van der Waals surface area contributed by atoms with E-state index >= 15 is 0 Å². The summed E-state index contributed by atoms with van der Waals surface area (Å²) in [5.74, 6) is 0. The third-order valence-corrected chi connectivity index (χ3v) is 3.83. The van der Waals surface area contributed by atoms with Gasteiger partial charge in [0, 0.05) is 57.0 Å². The Bertz CT molecular complexity index is 465. The minimum Gasteiger partial charge on any atom is -0.314 e. The van der Waals surface area contributed by atoms with E-state index in [0.717, 1.165) is 32.6 Å². The van der Waals surface area contributed by atoms with Crippen molar-refractivity contribution in [2.75, 3.05) is 19.6 Å². The Morgan fingerprint density at radius 3 is 2.35 bits per heavy atom. The number of piperazine rings is 1. The van der Waals surface area contributed by atoms with E-state index in [0.29, 0.717) is 6.04 Å². The van der Waals surface area contributed by atoms with Gasteiger partial charge in [-0.05, 0) is 41.8 Å². The van der Waals surface area contributed by atoms with Gasteiger partial charge in [-0.3, -0.25) is 14.9 Å². The Balaban J connectivity index is 1.68. The van der Waals surface area contributed by atoms with Crippen LogP contribution in [-0.4, -0.2) is 40.5 Å². The van der Waals surface area contributed by atoms with Crippen LogP contribution in [0.1, 0.15) is 11.1 Å². The van der Waals surface area contributed by atoms with Crippen LogP contribution >= 0.6 is 0 Å². The first-order valence-electron chi connectivity index (χ1n) is 7.14. The Labute approximate surface area is 119 Å². The van der Waals surface area contributed by atoms with Gasteiger partial charge in [0.25, 0.3) is 0 Å². The Morgan fingerprint density at radius 1 is 1.00 bits per heavy atom. The molecule has 20 heavy (non-hydrogen) atoms. The number of rotatable bonds is 4. The minimum atomic E-state index is 0.541. The van der Waals surface area contributed by atoms with Crippen molar-refractivity contribution in [2.45, 2.75) is 19.0 Å². The predicted molar refractivity (Wildman–Crippen MR) is 79.2 cm³/mol. The van der Waals surface area contributed by atoms with E-state index in [1.807, 2.05) is 24.8 Å². The van der Waals surface area contributed by atoms with Gasteiger partial charge >= 0.3 is 0 Å². The summed E-state index contributed by atoms with van der Waals surface area (Å²) < 4.78 is 0. The molecular weight excluding hydrogens is 248 g/mol. The number of hydrogen-bond donors (Lipinski definition) is 1. The number of aromatic nitrogens is 2. The molecule has 2 aromatic heterocycles. The van der Waals surface area contributed by atoms with Crippen LogP contribution in [0.4, 0.5) is 0 Å². The Hall–Kier alpha value is -1.78. The van der Waals surface area contributed by atoms with Gasteiger partial charge in [0.15, 0.2) is 0 Å². The van der Waals surface area contributed by atoms with Crippen LogP contribution in [0, 0.1) is 0 Å². The molecule has 0 saturated carbocycles. The van der Waals surface area contributed by atoms with Crippen LogP contribution in [0.3, 0.4) is 0 Å². The van der Waals surface area contributed by atoms with Crippen molar-refractivity contribution < 1.29 is 0 Å². The maximum absolute atomic E-state index is 4.09. The largest absolute Gasteiger partial charge is 0.314 e. The smallest absolute Gasteiger partial charge is 0.0271 e. The molecule has 1 unspecified atom stereocenters. The zero-order valence-corrected chi connectivity index (χ0v) is 11.6. The van der Waals surface area contributed by atoms with E-state index in [2.05, 4.69) is 44.5 Å². The highest BCUT2D eigenvalue weighted by atomic mass is 15.2. The maximum atomic E-state index is 4.09. The molecule has 1 aliphatic heterocycles. The van der Waals surface area contributed by atoms with Gasteiger partial charge in [-0.1, -0.05) is 0 Å². The predicted octanol–water partition coefficient (Wildman–Crippen LogP) is 1.49. The zero-order chi connectivity index (χ0) is 13.6. The highest BCUT2D eigenvalue weighted by molar-refractivity contribution is 5.13. The molecule has 0 aromatic carbocycles. The first kappa shape index (κ1) is 13.2. The Morgan fingerprint density at radius 2 is 1.65 bits per heavy atom. The van der Waals surface area contributed by atoms with Crippen LogP contribution in [0.25, 0.3) is 0 Å². The number of nitrogens with one attached hydrogen (secondary N) is 1. The van der Waals surface area contributed by atoms with Crippen molar-refractivity contribution >= 4 is 0 Å². The highest BCUT2D eigenvalue weighted by Crippen LogP contribution is 2.14. The standard InChI is InChI=1S/C16H20N4/c1-5-17-6-2-14(1)11-16-12-19-9-10-20(16)13-15-3-7-18-8-4-15/h1-8,16,19H,9-13H2. The van der Waals surface area contributed by atoms with Crippen LogP contribution in [0.5, 0.6) is 0 Å².